The van der Waals surface area contributed by atoms with E-state index in [2.05, 4.69) is 77.0 Å². The van der Waals surface area contributed by atoms with E-state index < -0.39 is 0 Å². The molecule has 3 heterocycles. The highest BCUT2D eigenvalue weighted by molar-refractivity contribution is 5.89. The molecule has 164 valence electrons. The molecule has 6 nitrogen and oxygen atoms in total. The van der Waals surface area contributed by atoms with Crippen molar-refractivity contribution in [1.29, 1.82) is 0 Å². The van der Waals surface area contributed by atoms with Gasteiger partial charge in [0.1, 0.15) is 5.82 Å². The van der Waals surface area contributed by atoms with Crippen LogP contribution >= 0.6 is 0 Å². The molecular weight excluding hydrogens is 386 g/mol. The van der Waals surface area contributed by atoms with E-state index in [4.69, 9.17) is 0 Å². The van der Waals surface area contributed by atoms with Crippen molar-refractivity contribution >= 4 is 16.8 Å². The summed E-state index contributed by atoms with van der Waals surface area (Å²) in [6, 6.07) is 7.70. The van der Waals surface area contributed by atoms with Crippen molar-refractivity contribution in [3.8, 4) is 0 Å². The Morgan fingerprint density at radius 3 is 2.90 bits per heavy atom. The van der Waals surface area contributed by atoms with Gasteiger partial charge < -0.3 is 19.8 Å². The zero-order valence-electron chi connectivity index (χ0n) is 18.9. The van der Waals surface area contributed by atoms with Crippen molar-refractivity contribution in [3.63, 3.8) is 0 Å². The number of likely N-dealkylation sites (tertiary alicyclic amines) is 1. The largest absolute Gasteiger partial charge is 0.353 e. The van der Waals surface area contributed by atoms with Gasteiger partial charge in [-0.3, -0.25) is 4.79 Å². The van der Waals surface area contributed by atoms with Gasteiger partial charge in [-0.15, -0.1) is 0 Å². The van der Waals surface area contributed by atoms with Gasteiger partial charge in [-0.1, -0.05) is 12.1 Å². The van der Waals surface area contributed by atoms with Crippen molar-refractivity contribution in [2.24, 2.45) is 5.92 Å². The van der Waals surface area contributed by atoms with Crippen LogP contribution in [-0.4, -0.2) is 51.0 Å². The van der Waals surface area contributed by atoms with E-state index in [9.17, 15) is 4.79 Å². The molecular formula is C25H33N5O. The monoisotopic (exact) mass is 419 g/mol. The first kappa shape index (κ1) is 20.3. The van der Waals surface area contributed by atoms with Crippen LogP contribution in [0.1, 0.15) is 56.1 Å². The molecule has 2 N–H and O–H groups in total. The number of fused-ring (bicyclic) bond motifs is 2. The maximum absolute atomic E-state index is 13.2. The molecule has 5 rings (SSSR count). The number of nitrogens with one attached hydrogen (secondary N) is 2. The minimum Gasteiger partial charge on any atom is -0.353 e. The lowest BCUT2D eigenvalue weighted by atomic mass is 9.72. The highest BCUT2D eigenvalue weighted by atomic mass is 16.2. The first-order valence-corrected chi connectivity index (χ1v) is 11.5. The Labute approximate surface area is 184 Å². The van der Waals surface area contributed by atoms with Gasteiger partial charge in [0.25, 0.3) is 0 Å². The number of piperidine rings is 1. The Balaban J connectivity index is 1.38. The molecule has 31 heavy (non-hydrogen) atoms. The number of carbonyl (C=O) groups excluding carboxylic acids is 1. The predicted molar refractivity (Wildman–Crippen MR) is 123 cm³/mol. The van der Waals surface area contributed by atoms with Crippen molar-refractivity contribution < 1.29 is 4.79 Å². The quantitative estimate of drug-likeness (QED) is 0.663. The second kappa shape index (κ2) is 7.83. The second-order valence-electron chi connectivity index (χ2n) is 9.80. The number of carbonyl (C=O) groups is 1. The lowest BCUT2D eigenvalue weighted by Crippen LogP contribution is -2.52. The molecule has 0 bridgehead atoms. The van der Waals surface area contributed by atoms with Gasteiger partial charge in [-0.25, -0.2) is 4.98 Å². The van der Waals surface area contributed by atoms with Crippen LogP contribution in [0.2, 0.25) is 0 Å². The molecule has 1 amide bonds. The van der Waals surface area contributed by atoms with E-state index in [1.54, 1.807) is 6.20 Å². The number of hydrogen-bond donors (Lipinski definition) is 2. The van der Waals surface area contributed by atoms with Crippen molar-refractivity contribution in [1.82, 2.24) is 24.8 Å². The van der Waals surface area contributed by atoms with Gasteiger partial charge in [0.05, 0.1) is 5.92 Å². The van der Waals surface area contributed by atoms with Crippen LogP contribution in [0.5, 0.6) is 0 Å². The van der Waals surface area contributed by atoms with E-state index >= 15 is 0 Å². The molecule has 6 heteroatoms. The van der Waals surface area contributed by atoms with Crippen molar-refractivity contribution in [2.75, 3.05) is 13.6 Å². The molecule has 2 aliphatic rings. The average Bonchev–Trinajstić information content (AvgIpc) is 3.37. The number of amides is 1. The Bertz CT molecular complexity index is 1080. The summed E-state index contributed by atoms with van der Waals surface area (Å²) < 4.78 is 2.41. The van der Waals surface area contributed by atoms with Crippen LogP contribution in [0.4, 0.5) is 0 Å². The minimum absolute atomic E-state index is 0.00860. The fourth-order valence-corrected chi connectivity index (χ4v) is 5.80. The van der Waals surface area contributed by atoms with Gasteiger partial charge in [0.2, 0.25) is 5.91 Å². The lowest BCUT2D eigenvalue weighted by molar-refractivity contribution is -0.128. The first-order valence-electron chi connectivity index (χ1n) is 11.5. The van der Waals surface area contributed by atoms with Gasteiger partial charge in [-0.05, 0) is 57.9 Å². The minimum atomic E-state index is 0.00860. The Hall–Kier alpha value is -2.60. The van der Waals surface area contributed by atoms with Crippen molar-refractivity contribution in [3.05, 3.63) is 53.7 Å². The first-order chi connectivity index (χ1) is 14.9. The number of hydrogen-bond acceptors (Lipinski definition) is 3. The van der Waals surface area contributed by atoms with Crippen LogP contribution in [0.25, 0.3) is 10.9 Å². The van der Waals surface area contributed by atoms with Gasteiger partial charge >= 0.3 is 0 Å². The van der Waals surface area contributed by atoms with Gasteiger partial charge in [0, 0.05) is 66.5 Å². The van der Waals surface area contributed by atoms with Crippen LogP contribution in [-0.2, 0) is 17.6 Å². The highest BCUT2D eigenvalue weighted by Gasteiger charge is 2.41. The van der Waals surface area contributed by atoms with Crippen LogP contribution in [0, 0.1) is 5.92 Å². The third-order valence-corrected chi connectivity index (χ3v) is 7.25. The molecule has 1 fully saturated rings. The summed E-state index contributed by atoms with van der Waals surface area (Å²) in [6.45, 7) is 7.36. The average molecular weight is 420 g/mol. The van der Waals surface area contributed by atoms with Crippen LogP contribution in [0.3, 0.4) is 0 Å². The number of H-pyrrole nitrogens is 1. The van der Waals surface area contributed by atoms with Gasteiger partial charge in [0.15, 0.2) is 0 Å². The molecule has 1 aliphatic heterocycles. The summed E-state index contributed by atoms with van der Waals surface area (Å²) in [5.74, 6) is 1.49. The van der Waals surface area contributed by atoms with E-state index in [1.807, 2.05) is 6.20 Å². The zero-order valence-corrected chi connectivity index (χ0v) is 18.9. The summed E-state index contributed by atoms with van der Waals surface area (Å²) >= 11 is 0. The van der Waals surface area contributed by atoms with E-state index in [0.717, 1.165) is 31.6 Å². The number of imidazole rings is 1. The highest BCUT2D eigenvalue weighted by Crippen LogP contribution is 2.45. The second-order valence-corrected chi connectivity index (χ2v) is 9.80. The fraction of sp³-hybridized carbons (Fsp3) is 0.520. The topological polar surface area (TPSA) is 66.0 Å². The third kappa shape index (κ3) is 3.57. The predicted octanol–water partition coefficient (Wildman–Crippen LogP) is 3.65. The Morgan fingerprint density at radius 1 is 1.32 bits per heavy atom. The van der Waals surface area contributed by atoms with E-state index in [-0.39, 0.29) is 17.9 Å². The summed E-state index contributed by atoms with van der Waals surface area (Å²) in [7, 11) is 2.19. The molecule has 1 saturated heterocycles. The van der Waals surface area contributed by atoms with Crippen LogP contribution < -0.4 is 5.32 Å². The SMILES string of the molecule is CC(Cc1ncc[nH]1)NC(=O)[C@@H]1C[C@@H]2c3cccc4c3c(cn4C(C)C)C[C@H]2N(C)C1. The Morgan fingerprint density at radius 2 is 2.16 bits per heavy atom. The van der Waals surface area contributed by atoms with E-state index in [1.165, 1.54) is 22.0 Å². The lowest BCUT2D eigenvalue weighted by Gasteiger charge is -2.45. The van der Waals surface area contributed by atoms with Gasteiger partial charge in [-0.2, -0.15) is 0 Å². The Kier molecular flexibility index (Phi) is 5.13. The fourth-order valence-electron chi connectivity index (χ4n) is 5.80. The number of aromatic nitrogens is 3. The summed E-state index contributed by atoms with van der Waals surface area (Å²) in [6.07, 6.45) is 8.64. The van der Waals surface area contributed by atoms with Crippen LogP contribution in [0.15, 0.2) is 36.8 Å². The summed E-state index contributed by atoms with van der Waals surface area (Å²) in [4.78, 5) is 23.0. The normalized spacial score (nSPS) is 24.4. The summed E-state index contributed by atoms with van der Waals surface area (Å²) in [5, 5.41) is 4.67. The maximum Gasteiger partial charge on any atom is 0.224 e. The molecule has 0 radical (unpaired) electrons. The molecule has 4 atom stereocenters. The smallest absolute Gasteiger partial charge is 0.224 e. The molecule has 1 aromatic carbocycles. The maximum atomic E-state index is 13.2. The summed E-state index contributed by atoms with van der Waals surface area (Å²) in [5.41, 5.74) is 4.22. The standard InChI is InChI=1S/C25H33N5O/c1-15(2)30-14-17-12-22-20(19-6-5-7-21(30)24(17)19)11-18(13-29(22)4)25(31)28-16(3)10-23-26-8-9-27-23/h5-9,14-16,18,20,22H,10-13H2,1-4H3,(H,26,27)(H,28,31)/t16?,18-,20-,22-/m1/s1. The molecule has 1 unspecified atom stereocenters. The van der Waals surface area contributed by atoms with E-state index in [0.29, 0.717) is 18.0 Å². The molecule has 0 saturated carbocycles. The molecule has 3 aromatic rings. The number of nitrogens with zero attached hydrogens (tertiary/aromatic N) is 3. The number of rotatable bonds is 5. The molecule has 2 aromatic heterocycles. The zero-order chi connectivity index (χ0) is 21.7. The van der Waals surface area contributed by atoms with Crippen molar-refractivity contribution in [2.45, 2.75) is 64.1 Å². The molecule has 1 aliphatic carbocycles. The number of likely N-dealkylation sites (N-methyl/N-ethyl adjacent to an activating group) is 1. The third-order valence-electron chi connectivity index (χ3n) is 7.25. The number of aromatic amines is 1. The number of benzene rings is 1. The molecule has 0 spiro atoms.